The second-order valence-corrected chi connectivity index (χ2v) is 6.09. The molecule has 0 aliphatic carbocycles. The van der Waals surface area contributed by atoms with Gasteiger partial charge in [-0.2, -0.15) is 0 Å². The molecular weight excluding hydrogens is 268 g/mol. The number of furan rings is 1. The fourth-order valence-electron chi connectivity index (χ4n) is 2.45. The maximum atomic E-state index is 5.76. The summed E-state index contributed by atoms with van der Waals surface area (Å²) in [7, 11) is 0. The molecule has 0 radical (unpaired) electrons. The highest BCUT2D eigenvalue weighted by Crippen LogP contribution is 2.29. The number of nitrogens with two attached hydrogens (primary N) is 1. The van der Waals surface area contributed by atoms with Crippen LogP contribution in [0.4, 0.5) is 0 Å². The molecule has 1 atom stereocenters. The molecule has 0 fully saturated rings. The summed E-state index contributed by atoms with van der Waals surface area (Å²) < 4.78 is 5.60. The van der Waals surface area contributed by atoms with E-state index >= 15 is 0 Å². The Morgan fingerprint density at radius 3 is 2.75 bits per heavy atom. The van der Waals surface area contributed by atoms with E-state index in [0.29, 0.717) is 0 Å². The van der Waals surface area contributed by atoms with E-state index in [-0.39, 0.29) is 6.04 Å². The molecule has 1 unspecified atom stereocenters. The van der Waals surface area contributed by atoms with Crippen LogP contribution in [-0.4, -0.2) is 0 Å². The molecule has 0 aliphatic heterocycles. The molecule has 3 nitrogen and oxygen atoms in total. The highest BCUT2D eigenvalue weighted by atomic mass is 32.1. The van der Waals surface area contributed by atoms with Gasteiger partial charge < -0.3 is 4.42 Å². The molecule has 104 valence electrons. The molecule has 3 aromatic rings. The second-order valence-electron chi connectivity index (χ2n) is 4.83. The van der Waals surface area contributed by atoms with Crippen molar-refractivity contribution >= 4 is 22.3 Å². The van der Waals surface area contributed by atoms with Crippen LogP contribution in [0.2, 0.25) is 0 Å². The molecule has 3 N–H and O–H groups in total. The third-order valence-electron chi connectivity index (χ3n) is 3.56. The van der Waals surface area contributed by atoms with Gasteiger partial charge in [0.15, 0.2) is 0 Å². The average Bonchev–Trinajstić information content (AvgIpc) is 3.11. The minimum absolute atomic E-state index is 0.0713. The summed E-state index contributed by atoms with van der Waals surface area (Å²) in [5.74, 6) is 5.76. The quantitative estimate of drug-likeness (QED) is 0.554. The summed E-state index contributed by atoms with van der Waals surface area (Å²) in [5, 5.41) is 1.13. The Bertz CT molecular complexity index is 701. The van der Waals surface area contributed by atoms with Crippen LogP contribution in [-0.2, 0) is 12.8 Å². The largest absolute Gasteiger partial charge is 0.464 e. The number of benzene rings is 1. The number of fused-ring (bicyclic) bond motifs is 1. The summed E-state index contributed by atoms with van der Waals surface area (Å²) >= 11 is 1.85. The van der Waals surface area contributed by atoms with Crippen molar-refractivity contribution in [2.45, 2.75) is 25.8 Å². The van der Waals surface area contributed by atoms with Crippen LogP contribution >= 0.6 is 11.3 Å². The summed E-state index contributed by atoms with van der Waals surface area (Å²) in [5.41, 5.74) is 4.94. The Morgan fingerprint density at radius 1 is 1.20 bits per heavy atom. The van der Waals surface area contributed by atoms with E-state index in [4.69, 9.17) is 10.3 Å². The lowest BCUT2D eigenvalue weighted by Crippen LogP contribution is -2.29. The van der Waals surface area contributed by atoms with Gasteiger partial charge in [0.1, 0.15) is 5.58 Å². The van der Waals surface area contributed by atoms with Crippen LogP contribution in [0.5, 0.6) is 0 Å². The number of para-hydroxylation sites is 1. The number of rotatable bonds is 5. The van der Waals surface area contributed by atoms with Crippen molar-refractivity contribution < 1.29 is 4.42 Å². The summed E-state index contributed by atoms with van der Waals surface area (Å²) in [6.07, 6.45) is 3.77. The van der Waals surface area contributed by atoms with E-state index in [1.165, 1.54) is 9.75 Å². The van der Waals surface area contributed by atoms with Crippen molar-refractivity contribution in [1.82, 2.24) is 5.43 Å². The predicted octanol–water partition coefficient (Wildman–Crippen LogP) is 3.80. The van der Waals surface area contributed by atoms with E-state index < -0.39 is 0 Å². The van der Waals surface area contributed by atoms with Gasteiger partial charge in [-0.25, -0.2) is 0 Å². The zero-order valence-electron chi connectivity index (χ0n) is 11.4. The standard InChI is InChI=1S/C16H18N2OS/c1-2-11-7-8-12(20-11)9-15(18-17)14-10-19-16-6-4-3-5-13(14)16/h3-8,10,15,18H,2,9,17H2,1H3. The highest BCUT2D eigenvalue weighted by molar-refractivity contribution is 7.11. The Morgan fingerprint density at radius 2 is 2.00 bits per heavy atom. The first-order chi connectivity index (χ1) is 9.81. The van der Waals surface area contributed by atoms with Crippen molar-refractivity contribution in [3.8, 4) is 0 Å². The molecular formula is C16H18N2OS. The minimum atomic E-state index is 0.0713. The van der Waals surface area contributed by atoms with E-state index in [9.17, 15) is 0 Å². The minimum Gasteiger partial charge on any atom is -0.464 e. The molecule has 0 bridgehead atoms. The van der Waals surface area contributed by atoms with Crippen molar-refractivity contribution in [3.05, 3.63) is 58.0 Å². The van der Waals surface area contributed by atoms with Gasteiger partial charge in [0.2, 0.25) is 0 Å². The van der Waals surface area contributed by atoms with E-state index in [1.807, 2.05) is 35.8 Å². The lowest BCUT2D eigenvalue weighted by atomic mass is 10.0. The van der Waals surface area contributed by atoms with Crippen LogP contribution in [0, 0.1) is 0 Å². The lowest BCUT2D eigenvalue weighted by molar-refractivity contribution is 0.539. The molecule has 1 aromatic carbocycles. The van der Waals surface area contributed by atoms with Crippen LogP contribution in [0.15, 0.2) is 47.1 Å². The first-order valence-electron chi connectivity index (χ1n) is 6.81. The third kappa shape index (κ3) is 2.50. The molecule has 0 aliphatic rings. The monoisotopic (exact) mass is 286 g/mol. The zero-order valence-corrected chi connectivity index (χ0v) is 12.2. The molecule has 2 aromatic heterocycles. The Kier molecular flexibility index (Phi) is 3.87. The molecule has 0 amide bonds. The van der Waals surface area contributed by atoms with E-state index in [0.717, 1.165) is 29.4 Å². The lowest BCUT2D eigenvalue weighted by Gasteiger charge is -2.13. The van der Waals surface area contributed by atoms with Crippen molar-refractivity contribution in [1.29, 1.82) is 0 Å². The van der Waals surface area contributed by atoms with Crippen LogP contribution in [0.3, 0.4) is 0 Å². The molecule has 2 heterocycles. The zero-order chi connectivity index (χ0) is 13.9. The first-order valence-corrected chi connectivity index (χ1v) is 7.63. The molecule has 3 rings (SSSR count). The number of nitrogens with one attached hydrogen (secondary N) is 1. The van der Waals surface area contributed by atoms with Crippen LogP contribution in [0.1, 0.15) is 28.3 Å². The Balaban J connectivity index is 1.89. The smallest absolute Gasteiger partial charge is 0.134 e. The Labute approximate surface area is 122 Å². The summed E-state index contributed by atoms with van der Waals surface area (Å²) in [6, 6.07) is 12.5. The number of aryl methyl sites for hydroxylation is 1. The number of hydrazine groups is 1. The van der Waals surface area contributed by atoms with Gasteiger partial charge in [0.25, 0.3) is 0 Å². The molecule has 4 heteroatoms. The van der Waals surface area contributed by atoms with Crippen molar-refractivity contribution in [3.63, 3.8) is 0 Å². The van der Waals surface area contributed by atoms with Crippen LogP contribution in [0.25, 0.3) is 11.0 Å². The highest BCUT2D eigenvalue weighted by Gasteiger charge is 2.17. The average molecular weight is 286 g/mol. The third-order valence-corrected chi connectivity index (χ3v) is 4.81. The SMILES string of the molecule is CCc1ccc(CC(NN)c2coc3ccccc23)s1. The van der Waals surface area contributed by atoms with Gasteiger partial charge in [-0.15, -0.1) is 11.3 Å². The molecule has 20 heavy (non-hydrogen) atoms. The van der Waals surface area contributed by atoms with Gasteiger partial charge in [0, 0.05) is 27.1 Å². The van der Waals surface area contributed by atoms with Gasteiger partial charge in [-0.1, -0.05) is 25.1 Å². The normalized spacial score (nSPS) is 12.9. The van der Waals surface area contributed by atoms with Crippen molar-refractivity contribution in [2.24, 2.45) is 5.84 Å². The number of hydrogen-bond donors (Lipinski definition) is 2. The van der Waals surface area contributed by atoms with Gasteiger partial charge in [-0.3, -0.25) is 11.3 Å². The van der Waals surface area contributed by atoms with E-state index in [2.05, 4.69) is 30.5 Å². The topological polar surface area (TPSA) is 51.2 Å². The maximum absolute atomic E-state index is 5.76. The predicted molar refractivity (Wildman–Crippen MR) is 83.7 cm³/mol. The molecule has 0 saturated heterocycles. The van der Waals surface area contributed by atoms with Gasteiger partial charge in [0.05, 0.1) is 12.3 Å². The molecule has 0 spiro atoms. The van der Waals surface area contributed by atoms with Crippen molar-refractivity contribution in [2.75, 3.05) is 0 Å². The summed E-state index contributed by atoms with van der Waals surface area (Å²) in [4.78, 5) is 2.75. The fraction of sp³-hybridized carbons (Fsp3) is 0.250. The van der Waals surface area contributed by atoms with Gasteiger partial charge in [-0.05, 0) is 24.6 Å². The van der Waals surface area contributed by atoms with E-state index in [1.54, 1.807) is 0 Å². The number of hydrogen-bond acceptors (Lipinski definition) is 4. The fourth-order valence-corrected chi connectivity index (χ4v) is 3.45. The van der Waals surface area contributed by atoms with Crippen LogP contribution < -0.4 is 11.3 Å². The second kappa shape index (κ2) is 5.79. The number of thiophene rings is 1. The maximum Gasteiger partial charge on any atom is 0.134 e. The first kappa shape index (κ1) is 13.4. The summed E-state index contributed by atoms with van der Waals surface area (Å²) in [6.45, 7) is 2.18. The molecule has 0 saturated carbocycles. The Hall–Kier alpha value is -1.62. The van der Waals surface area contributed by atoms with Gasteiger partial charge >= 0.3 is 0 Å².